The largest absolute Gasteiger partial charge is 0.325 e. The van der Waals surface area contributed by atoms with E-state index in [2.05, 4.69) is 15.5 Å². The minimum atomic E-state index is -0.603. The first kappa shape index (κ1) is 25.4. The number of halogens is 1. The molecule has 1 unspecified atom stereocenters. The number of nitrogens with zero attached hydrogens (tertiary/aromatic N) is 2. The van der Waals surface area contributed by atoms with Gasteiger partial charge in [0.15, 0.2) is 0 Å². The van der Waals surface area contributed by atoms with Crippen LogP contribution < -0.4 is 10.6 Å². The summed E-state index contributed by atoms with van der Waals surface area (Å²) in [5.74, 6) is -0.953. The highest BCUT2D eigenvalue weighted by Crippen LogP contribution is 2.38. The quantitative estimate of drug-likeness (QED) is 0.272. The molecule has 7 heteroatoms. The first-order chi connectivity index (χ1) is 18.4. The molecule has 0 radical (unpaired) electrons. The molecule has 0 spiro atoms. The number of benzene rings is 4. The normalized spacial score (nSPS) is 14.8. The van der Waals surface area contributed by atoms with E-state index in [9.17, 15) is 9.59 Å². The molecule has 4 aromatic rings. The van der Waals surface area contributed by atoms with Gasteiger partial charge in [0.25, 0.3) is 5.91 Å². The second kappa shape index (κ2) is 11.0. The number of nitrogens with one attached hydrogen (secondary N) is 2. The lowest BCUT2D eigenvalue weighted by atomic mass is 9.90. The van der Waals surface area contributed by atoms with Crippen molar-refractivity contribution in [3.8, 4) is 0 Å². The number of carbonyl (C=O) groups is 2. The number of hydrogen-bond acceptors (Lipinski definition) is 4. The number of carbonyl (C=O) groups excluding carboxylic acids is 2. The Bertz CT molecular complexity index is 1500. The predicted octanol–water partition coefficient (Wildman–Crippen LogP) is 6.51. The zero-order chi connectivity index (χ0) is 26.6. The molecule has 38 heavy (non-hydrogen) atoms. The summed E-state index contributed by atoms with van der Waals surface area (Å²) in [6, 6.07) is 29.9. The Morgan fingerprint density at radius 3 is 2.32 bits per heavy atom. The number of fused-ring (bicyclic) bond motifs is 1. The van der Waals surface area contributed by atoms with Crippen LogP contribution in [0.15, 0.2) is 102 Å². The van der Waals surface area contributed by atoms with Crippen molar-refractivity contribution >= 4 is 46.2 Å². The van der Waals surface area contributed by atoms with E-state index in [4.69, 9.17) is 16.6 Å². The van der Waals surface area contributed by atoms with Gasteiger partial charge < -0.3 is 15.5 Å². The summed E-state index contributed by atoms with van der Waals surface area (Å²) in [7, 11) is 4.05. The van der Waals surface area contributed by atoms with Gasteiger partial charge in [-0.15, -0.1) is 0 Å². The minimum absolute atomic E-state index is 0.160. The Hall–Kier alpha value is -4.26. The number of aliphatic imine (C=N–C) groups is 1. The van der Waals surface area contributed by atoms with Crippen LogP contribution in [-0.2, 0) is 11.3 Å². The van der Waals surface area contributed by atoms with E-state index in [0.29, 0.717) is 27.7 Å². The maximum absolute atomic E-state index is 13.2. The van der Waals surface area contributed by atoms with Crippen molar-refractivity contribution < 1.29 is 9.59 Å². The zero-order valence-corrected chi connectivity index (χ0v) is 21.9. The van der Waals surface area contributed by atoms with Crippen LogP contribution in [0.4, 0.5) is 17.1 Å². The van der Waals surface area contributed by atoms with Crippen LogP contribution in [0.1, 0.15) is 33.0 Å². The molecule has 6 nitrogen and oxygen atoms in total. The number of hydrogen-bond donors (Lipinski definition) is 2. The number of anilines is 2. The van der Waals surface area contributed by atoms with E-state index in [1.807, 2.05) is 86.9 Å². The van der Waals surface area contributed by atoms with Gasteiger partial charge in [-0.25, -0.2) is 0 Å². The Morgan fingerprint density at radius 1 is 0.921 bits per heavy atom. The topological polar surface area (TPSA) is 73.8 Å². The van der Waals surface area contributed by atoms with E-state index < -0.39 is 5.92 Å². The lowest BCUT2D eigenvalue weighted by Crippen LogP contribution is -2.22. The Balaban J connectivity index is 1.50. The van der Waals surface area contributed by atoms with Crippen LogP contribution in [0.25, 0.3) is 0 Å². The van der Waals surface area contributed by atoms with Crippen molar-refractivity contribution in [2.75, 3.05) is 24.7 Å². The molecular formula is C31H27ClN4O2. The number of amides is 2. The highest BCUT2D eigenvalue weighted by Gasteiger charge is 2.35. The summed E-state index contributed by atoms with van der Waals surface area (Å²) in [6.45, 7) is 0.826. The van der Waals surface area contributed by atoms with Gasteiger partial charge in [0.2, 0.25) is 5.91 Å². The van der Waals surface area contributed by atoms with E-state index in [-0.39, 0.29) is 11.8 Å². The summed E-state index contributed by atoms with van der Waals surface area (Å²) in [4.78, 5) is 32.8. The van der Waals surface area contributed by atoms with Crippen molar-refractivity contribution in [2.24, 2.45) is 4.99 Å². The molecule has 1 aliphatic rings. The lowest BCUT2D eigenvalue weighted by Gasteiger charge is -2.15. The van der Waals surface area contributed by atoms with Gasteiger partial charge in [0.1, 0.15) is 5.92 Å². The third kappa shape index (κ3) is 5.67. The zero-order valence-electron chi connectivity index (χ0n) is 21.1. The van der Waals surface area contributed by atoms with Crippen LogP contribution in [0, 0.1) is 0 Å². The van der Waals surface area contributed by atoms with Crippen LogP contribution in [-0.4, -0.2) is 36.5 Å². The van der Waals surface area contributed by atoms with Gasteiger partial charge in [-0.05, 0) is 79.3 Å². The van der Waals surface area contributed by atoms with Gasteiger partial charge in [-0.3, -0.25) is 14.6 Å². The molecule has 1 aliphatic heterocycles. The van der Waals surface area contributed by atoms with Gasteiger partial charge in [-0.2, -0.15) is 0 Å². The van der Waals surface area contributed by atoms with Crippen LogP contribution in [0.2, 0.25) is 5.02 Å². The second-order valence-corrected chi connectivity index (χ2v) is 9.89. The summed E-state index contributed by atoms with van der Waals surface area (Å²) >= 11 is 6.18. The molecule has 1 heterocycles. The Labute approximate surface area is 227 Å². The van der Waals surface area contributed by atoms with E-state index in [0.717, 1.165) is 23.4 Å². The molecule has 190 valence electrons. The molecule has 0 saturated heterocycles. The monoisotopic (exact) mass is 522 g/mol. The van der Waals surface area contributed by atoms with Crippen LogP contribution >= 0.6 is 11.6 Å². The SMILES string of the molecule is CN(C)Cc1ccc(N=C(c2ccc(NC(=O)c3ccccc3)cc2)C2C(=O)Nc3cc(Cl)ccc32)cc1. The average Bonchev–Trinajstić information content (AvgIpc) is 3.23. The molecule has 2 N–H and O–H groups in total. The highest BCUT2D eigenvalue weighted by molar-refractivity contribution is 6.31. The first-order valence-electron chi connectivity index (χ1n) is 12.3. The maximum atomic E-state index is 13.2. The summed E-state index contributed by atoms with van der Waals surface area (Å²) in [5, 5.41) is 6.42. The fourth-order valence-electron chi connectivity index (χ4n) is 4.50. The molecule has 0 aromatic heterocycles. The standard InChI is InChI=1S/C31H27ClN4O2/c1-36(2)19-20-8-13-24(14-9-20)33-29(28-26-17-12-23(32)18-27(26)35-31(28)38)21-10-15-25(16-11-21)34-30(37)22-6-4-3-5-7-22/h3-18,28H,19H2,1-2H3,(H,34,37)(H,35,38). The minimum Gasteiger partial charge on any atom is -0.325 e. The van der Waals surface area contributed by atoms with E-state index >= 15 is 0 Å². The Morgan fingerprint density at radius 2 is 1.63 bits per heavy atom. The van der Waals surface area contributed by atoms with E-state index in [1.54, 1.807) is 24.3 Å². The third-order valence-electron chi connectivity index (χ3n) is 6.28. The smallest absolute Gasteiger partial charge is 0.255 e. The van der Waals surface area contributed by atoms with Crippen molar-refractivity contribution in [1.29, 1.82) is 0 Å². The van der Waals surface area contributed by atoms with Crippen molar-refractivity contribution in [2.45, 2.75) is 12.5 Å². The predicted molar refractivity (Wildman–Crippen MR) is 154 cm³/mol. The molecular weight excluding hydrogens is 496 g/mol. The molecule has 0 aliphatic carbocycles. The maximum Gasteiger partial charge on any atom is 0.255 e. The molecule has 0 fully saturated rings. The van der Waals surface area contributed by atoms with Crippen LogP contribution in [0.3, 0.4) is 0 Å². The highest BCUT2D eigenvalue weighted by atomic mass is 35.5. The first-order valence-corrected chi connectivity index (χ1v) is 12.6. The summed E-state index contributed by atoms with van der Waals surface area (Å²) in [6.07, 6.45) is 0. The fraction of sp³-hybridized carbons (Fsp3) is 0.129. The lowest BCUT2D eigenvalue weighted by molar-refractivity contribution is -0.115. The fourth-order valence-corrected chi connectivity index (χ4v) is 4.67. The molecule has 0 saturated carbocycles. The average molecular weight is 523 g/mol. The van der Waals surface area contributed by atoms with E-state index in [1.165, 1.54) is 5.56 Å². The second-order valence-electron chi connectivity index (χ2n) is 9.45. The third-order valence-corrected chi connectivity index (χ3v) is 6.51. The summed E-state index contributed by atoms with van der Waals surface area (Å²) in [5.41, 5.74) is 6.06. The van der Waals surface area contributed by atoms with Gasteiger partial charge >= 0.3 is 0 Å². The van der Waals surface area contributed by atoms with Crippen LogP contribution in [0.5, 0.6) is 0 Å². The van der Waals surface area contributed by atoms with Gasteiger partial charge in [-0.1, -0.05) is 60.1 Å². The summed E-state index contributed by atoms with van der Waals surface area (Å²) < 4.78 is 0. The molecule has 1 atom stereocenters. The van der Waals surface area contributed by atoms with Crippen molar-refractivity contribution in [1.82, 2.24) is 4.90 Å². The molecule has 5 rings (SSSR count). The Kier molecular flexibility index (Phi) is 7.36. The van der Waals surface area contributed by atoms with Crippen molar-refractivity contribution in [3.05, 3.63) is 124 Å². The van der Waals surface area contributed by atoms with Gasteiger partial charge in [0.05, 0.1) is 11.4 Å². The molecule has 2 amide bonds. The van der Waals surface area contributed by atoms with Crippen molar-refractivity contribution in [3.63, 3.8) is 0 Å². The molecule has 0 bridgehead atoms. The van der Waals surface area contributed by atoms with Gasteiger partial charge in [0, 0.05) is 28.5 Å². The molecule has 4 aromatic carbocycles. The number of rotatable bonds is 7.